The highest BCUT2D eigenvalue weighted by molar-refractivity contribution is 5.75. The summed E-state index contributed by atoms with van der Waals surface area (Å²) in [4.78, 5) is 16.7. The Morgan fingerprint density at radius 1 is 1.15 bits per heavy atom. The number of rotatable bonds is 4. The summed E-state index contributed by atoms with van der Waals surface area (Å²) in [7, 11) is 1.62. The predicted molar refractivity (Wildman–Crippen MR) is 96.9 cm³/mol. The summed E-state index contributed by atoms with van der Waals surface area (Å²) in [5.74, 6) is 0.779. The first-order chi connectivity index (χ1) is 12.7. The first kappa shape index (κ1) is 15.3. The van der Waals surface area contributed by atoms with E-state index >= 15 is 0 Å². The van der Waals surface area contributed by atoms with Gasteiger partial charge >= 0.3 is 0 Å². The molecular formula is C19H19N5O2. The molecule has 7 heteroatoms. The molecule has 1 aromatic carbocycles. The summed E-state index contributed by atoms with van der Waals surface area (Å²) >= 11 is 0. The lowest BCUT2D eigenvalue weighted by molar-refractivity contribution is 0.0246. The third kappa shape index (κ3) is 2.28. The van der Waals surface area contributed by atoms with Crippen molar-refractivity contribution in [3.63, 3.8) is 0 Å². The molecule has 1 fully saturated rings. The lowest BCUT2D eigenvalue weighted by Gasteiger charge is -2.38. The van der Waals surface area contributed by atoms with Crippen molar-refractivity contribution in [3.05, 3.63) is 48.4 Å². The molecule has 0 aliphatic heterocycles. The summed E-state index contributed by atoms with van der Waals surface area (Å²) in [6.07, 6.45) is 2.82. The molecule has 4 aromatic rings. The van der Waals surface area contributed by atoms with Gasteiger partial charge in [0.25, 0.3) is 6.01 Å². The van der Waals surface area contributed by atoms with E-state index in [4.69, 9.17) is 4.74 Å². The molecule has 1 atom stereocenters. The van der Waals surface area contributed by atoms with Crippen LogP contribution in [-0.2, 0) is 0 Å². The van der Waals surface area contributed by atoms with Crippen molar-refractivity contribution in [3.8, 4) is 6.01 Å². The average molecular weight is 349 g/mol. The number of ether oxygens (including phenoxy) is 1. The van der Waals surface area contributed by atoms with E-state index in [1.54, 1.807) is 13.3 Å². The summed E-state index contributed by atoms with van der Waals surface area (Å²) in [5, 5.41) is 10.7. The van der Waals surface area contributed by atoms with Crippen LogP contribution in [0, 0.1) is 5.92 Å². The first-order valence-corrected chi connectivity index (χ1v) is 8.74. The Balaban J connectivity index is 1.39. The summed E-state index contributed by atoms with van der Waals surface area (Å²) in [5.41, 5.74) is 3.48. The summed E-state index contributed by atoms with van der Waals surface area (Å²) in [6.45, 7) is 0. The van der Waals surface area contributed by atoms with Crippen molar-refractivity contribution in [1.82, 2.24) is 24.5 Å². The van der Waals surface area contributed by atoms with Crippen LogP contribution in [-0.4, -0.2) is 36.7 Å². The van der Waals surface area contributed by atoms with E-state index < -0.39 is 6.10 Å². The van der Waals surface area contributed by atoms with Crippen LogP contribution in [0.25, 0.3) is 22.2 Å². The van der Waals surface area contributed by atoms with Gasteiger partial charge in [-0.05, 0) is 43.0 Å². The van der Waals surface area contributed by atoms with Gasteiger partial charge in [0, 0.05) is 12.2 Å². The van der Waals surface area contributed by atoms with Gasteiger partial charge in [0.05, 0.1) is 18.1 Å². The molecule has 1 aliphatic rings. The minimum atomic E-state index is -0.604. The number of imidazole rings is 2. The van der Waals surface area contributed by atoms with Crippen molar-refractivity contribution < 1.29 is 9.84 Å². The van der Waals surface area contributed by atoms with Crippen LogP contribution in [0.3, 0.4) is 0 Å². The Kier molecular flexibility index (Phi) is 3.43. The second-order valence-electron chi connectivity index (χ2n) is 6.78. The van der Waals surface area contributed by atoms with Gasteiger partial charge in [-0.3, -0.25) is 4.57 Å². The molecule has 1 saturated carbocycles. The molecule has 5 rings (SSSR count). The van der Waals surface area contributed by atoms with Crippen LogP contribution in [0.4, 0.5) is 0 Å². The molecule has 0 radical (unpaired) electrons. The topological polar surface area (TPSA) is 88.8 Å². The van der Waals surface area contributed by atoms with Crippen molar-refractivity contribution in [2.75, 3.05) is 7.11 Å². The van der Waals surface area contributed by atoms with E-state index in [2.05, 4.69) is 19.9 Å². The lowest BCUT2D eigenvalue weighted by Crippen LogP contribution is -2.32. The highest BCUT2D eigenvalue weighted by Crippen LogP contribution is 2.46. The predicted octanol–water partition coefficient (Wildman–Crippen LogP) is 3.00. The summed E-state index contributed by atoms with van der Waals surface area (Å²) < 4.78 is 7.48. The van der Waals surface area contributed by atoms with Gasteiger partial charge in [0.15, 0.2) is 5.65 Å². The molecule has 2 N–H and O–H groups in total. The zero-order valence-electron chi connectivity index (χ0n) is 14.3. The number of hydrogen-bond donors (Lipinski definition) is 2. The Morgan fingerprint density at radius 2 is 1.96 bits per heavy atom. The quantitative estimate of drug-likeness (QED) is 0.591. The highest BCUT2D eigenvalue weighted by atomic mass is 16.5. The van der Waals surface area contributed by atoms with E-state index in [1.165, 1.54) is 0 Å². The Labute approximate surface area is 149 Å². The van der Waals surface area contributed by atoms with Gasteiger partial charge in [-0.2, -0.15) is 4.98 Å². The van der Waals surface area contributed by atoms with Gasteiger partial charge in [-0.15, -0.1) is 0 Å². The zero-order valence-corrected chi connectivity index (χ0v) is 14.3. The molecule has 7 nitrogen and oxygen atoms in total. The first-order valence-electron chi connectivity index (χ1n) is 8.74. The van der Waals surface area contributed by atoms with Gasteiger partial charge in [0.2, 0.25) is 0 Å². The number of aliphatic hydroxyl groups is 1. The standard InChI is InChI=1S/C19H19N5O2/c1-26-19-23-15-7-4-8-20-18(15)24(19)12-9-11(10-12)16(25)17-21-13-5-2-3-6-14(13)22-17/h2-8,11-12,16,25H,9-10H2,1H3,(H,21,22). The number of methoxy groups -OCH3 is 1. The zero-order chi connectivity index (χ0) is 17.7. The van der Waals surface area contributed by atoms with Crippen LogP contribution in [0.15, 0.2) is 42.6 Å². The molecule has 0 spiro atoms. The number of hydrogen-bond acceptors (Lipinski definition) is 5. The number of nitrogens with zero attached hydrogens (tertiary/aromatic N) is 4. The molecule has 1 aliphatic carbocycles. The van der Waals surface area contributed by atoms with Crippen molar-refractivity contribution >= 4 is 22.2 Å². The number of aromatic nitrogens is 5. The van der Waals surface area contributed by atoms with E-state index in [0.717, 1.165) is 35.0 Å². The maximum Gasteiger partial charge on any atom is 0.298 e. The maximum atomic E-state index is 10.7. The molecule has 0 saturated heterocycles. The molecular weight excluding hydrogens is 330 g/mol. The Hall–Kier alpha value is -2.93. The number of aromatic amines is 1. The number of aliphatic hydroxyl groups excluding tert-OH is 1. The Morgan fingerprint density at radius 3 is 2.77 bits per heavy atom. The maximum absolute atomic E-state index is 10.7. The van der Waals surface area contributed by atoms with Crippen molar-refractivity contribution in [2.45, 2.75) is 25.0 Å². The highest BCUT2D eigenvalue weighted by Gasteiger charge is 2.39. The number of benzene rings is 1. The minimum Gasteiger partial charge on any atom is -0.468 e. The second-order valence-corrected chi connectivity index (χ2v) is 6.78. The lowest BCUT2D eigenvalue weighted by atomic mass is 9.76. The normalized spacial score (nSPS) is 21.0. The van der Waals surface area contributed by atoms with Crippen LogP contribution < -0.4 is 4.74 Å². The Bertz CT molecular complexity index is 1050. The van der Waals surface area contributed by atoms with Gasteiger partial charge < -0.3 is 14.8 Å². The molecule has 26 heavy (non-hydrogen) atoms. The largest absolute Gasteiger partial charge is 0.468 e. The molecule has 132 valence electrons. The average Bonchev–Trinajstić information content (AvgIpc) is 3.22. The van der Waals surface area contributed by atoms with Crippen LogP contribution in [0.2, 0.25) is 0 Å². The van der Waals surface area contributed by atoms with Crippen molar-refractivity contribution in [2.24, 2.45) is 5.92 Å². The van der Waals surface area contributed by atoms with E-state index in [9.17, 15) is 5.11 Å². The molecule has 3 heterocycles. The molecule has 0 bridgehead atoms. The smallest absolute Gasteiger partial charge is 0.298 e. The van der Waals surface area contributed by atoms with E-state index in [1.807, 2.05) is 41.0 Å². The fourth-order valence-electron chi connectivity index (χ4n) is 3.82. The summed E-state index contributed by atoms with van der Waals surface area (Å²) in [6, 6.07) is 12.4. The van der Waals surface area contributed by atoms with E-state index in [-0.39, 0.29) is 12.0 Å². The fourth-order valence-corrected chi connectivity index (χ4v) is 3.82. The van der Waals surface area contributed by atoms with Crippen LogP contribution >= 0.6 is 0 Å². The second kappa shape index (κ2) is 5.81. The number of pyridine rings is 1. The van der Waals surface area contributed by atoms with Crippen molar-refractivity contribution in [1.29, 1.82) is 0 Å². The third-order valence-corrected chi connectivity index (χ3v) is 5.25. The number of para-hydroxylation sites is 2. The number of H-pyrrole nitrogens is 1. The van der Waals surface area contributed by atoms with E-state index in [0.29, 0.717) is 11.8 Å². The van der Waals surface area contributed by atoms with Gasteiger partial charge in [-0.25, -0.2) is 9.97 Å². The monoisotopic (exact) mass is 349 g/mol. The van der Waals surface area contributed by atoms with Crippen LogP contribution in [0.1, 0.15) is 30.8 Å². The number of fused-ring (bicyclic) bond motifs is 2. The molecule has 0 amide bonds. The minimum absolute atomic E-state index is 0.145. The van der Waals surface area contributed by atoms with Gasteiger partial charge in [0.1, 0.15) is 17.4 Å². The molecule has 1 unspecified atom stereocenters. The molecule has 3 aromatic heterocycles. The SMILES string of the molecule is COc1nc2cccnc2n1C1CC(C(O)c2nc3ccccc3[nH]2)C1. The third-order valence-electron chi connectivity index (χ3n) is 5.25. The van der Waals surface area contributed by atoms with Crippen LogP contribution in [0.5, 0.6) is 6.01 Å². The fraction of sp³-hybridized carbons (Fsp3) is 0.316. The van der Waals surface area contributed by atoms with Gasteiger partial charge in [-0.1, -0.05) is 12.1 Å². The number of nitrogens with one attached hydrogen (secondary N) is 1.